The van der Waals surface area contributed by atoms with E-state index in [-0.39, 0.29) is 5.41 Å². The van der Waals surface area contributed by atoms with Gasteiger partial charge in [0, 0.05) is 42.3 Å². The number of nitrogens with zero attached hydrogens (tertiary/aromatic N) is 3. The lowest BCUT2D eigenvalue weighted by Crippen LogP contribution is -2.61. The number of benzene rings is 3. The van der Waals surface area contributed by atoms with Crippen LogP contribution in [-0.2, 0) is 5.41 Å². The Labute approximate surface area is 182 Å². The van der Waals surface area contributed by atoms with Gasteiger partial charge in [0.15, 0.2) is 5.75 Å². The third-order valence-corrected chi connectivity index (χ3v) is 7.05. The van der Waals surface area contributed by atoms with Gasteiger partial charge in [-0.3, -0.25) is 4.99 Å². The molecule has 31 heavy (non-hydrogen) atoms. The molecule has 154 valence electrons. The van der Waals surface area contributed by atoms with E-state index in [9.17, 15) is 0 Å². The number of aliphatic imine (C=N–C) groups is 1. The van der Waals surface area contributed by atoms with Crippen LogP contribution in [0.15, 0.2) is 84.0 Å². The van der Waals surface area contributed by atoms with Crippen LogP contribution in [0.5, 0.6) is 5.75 Å². The maximum Gasteiger partial charge on any atom is 0.228 e. The quantitative estimate of drug-likeness (QED) is 0.499. The van der Waals surface area contributed by atoms with Crippen molar-refractivity contribution < 1.29 is 4.74 Å². The number of ether oxygens (including phenoxy) is 1. The van der Waals surface area contributed by atoms with E-state index in [0.717, 1.165) is 29.1 Å². The molecule has 0 fully saturated rings. The van der Waals surface area contributed by atoms with Crippen molar-refractivity contribution in [1.29, 1.82) is 0 Å². The van der Waals surface area contributed by atoms with Crippen LogP contribution in [0, 0.1) is 0 Å². The first kappa shape index (κ1) is 18.3. The second-order valence-corrected chi connectivity index (χ2v) is 8.97. The van der Waals surface area contributed by atoms with Gasteiger partial charge in [-0.25, -0.2) is 0 Å². The molecule has 1 atom stereocenters. The van der Waals surface area contributed by atoms with Gasteiger partial charge in [0.2, 0.25) is 5.72 Å². The third-order valence-electron chi connectivity index (χ3n) is 7.05. The molecule has 3 aliphatic heterocycles. The number of hydrogen-bond acceptors (Lipinski definition) is 4. The average Bonchev–Trinajstić information content (AvgIpc) is 2.97. The summed E-state index contributed by atoms with van der Waals surface area (Å²) in [6, 6.07) is 19.2. The van der Waals surface area contributed by atoms with Crippen LogP contribution in [0.3, 0.4) is 0 Å². The van der Waals surface area contributed by atoms with Gasteiger partial charge >= 0.3 is 0 Å². The van der Waals surface area contributed by atoms with Gasteiger partial charge in [0.05, 0.1) is 17.3 Å². The standard InChI is InChI=1S/C27H25N3O/c1-26(2)21-13-7-8-14-22(21)29(3)27(26)18-28-25-20-12-6-5-11-19(20)23(17-24(25)31-27)30-15-9-4-10-16-30/h4-15,17-18H,16H2,1-3H3/t27-/m1/s1. The van der Waals surface area contributed by atoms with E-state index in [1.165, 1.54) is 16.6 Å². The molecule has 0 N–H and O–H groups in total. The Kier molecular flexibility index (Phi) is 3.67. The van der Waals surface area contributed by atoms with E-state index in [1.807, 2.05) is 6.21 Å². The number of para-hydroxylation sites is 1. The van der Waals surface area contributed by atoms with Crippen LogP contribution in [0.4, 0.5) is 17.1 Å². The monoisotopic (exact) mass is 407 g/mol. The minimum absolute atomic E-state index is 0.265. The second kappa shape index (κ2) is 6.24. The van der Waals surface area contributed by atoms with Gasteiger partial charge in [-0.1, -0.05) is 54.6 Å². The van der Waals surface area contributed by atoms with E-state index in [1.54, 1.807) is 0 Å². The molecule has 0 radical (unpaired) electrons. The molecular weight excluding hydrogens is 382 g/mol. The predicted molar refractivity (Wildman–Crippen MR) is 129 cm³/mol. The number of fused-ring (bicyclic) bond motifs is 4. The second-order valence-electron chi connectivity index (χ2n) is 8.97. The van der Waals surface area contributed by atoms with Gasteiger partial charge in [-0.2, -0.15) is 0 Å². The van der Waals surface area contributed by atoms with Crippen LogP contribution >= 0.6 is 0 Å². The van der Waals surface area contributed by atoms with Gasteiger partial charge in [-0.15, -0.1) is 0 Å². The average molecular weight is 408 g/mol. The minimum atomic E-state index is -0.680. The Morgan fingerprint density at radius 3 is 2.48 bits per heavy atom. The van der Waals surface area contributed by atoms with Crippen LogP contribution < -0.4 is 14.5 Å². The molecular formula is C27H25N3O. The van der Waals surface area contributed by atoms with Crippen LogP contribution in [0.25, 0.3) is 10.8 Å². The Hall–Kier alpha value is -3.53. The number of anilines is 2. The zero-order valence-electron chi connectivity index (χ0n) is 18.0. The molecule has 0 unspecified atom stereocenters. The summed E-state index contributed by atoms with van der Waals surface area (Å²) in [6.45, 7) is 5.32. The molecule has 4 heteroatoms. The fraction of sp³-hybridized carbons (Fsp3) is 0.222. The van der Waals surface area contributed by atoms with Crippen LogP contribution in [-0.4, -0.2) is 25.5 Å². The lowest BCUT2D eigenvalue weighted by Gasteiger charge is -2.45. The van der Waals surface area contributed by atoms with E-state index < -0.39 is 5.72 Å². The van der Waals surface area contributed by atoms with E-state index >= 15 is 0 Å². The summed E-state index contributed by atoms with van der Waals surface area (Å²) >= 11 is 0. The number of allylic oxidation sites excluding steroid dienone is 2. The van der Waals surface area contributed by atoms with Gasteiger partial charge in [-0.05, 0) is 31.6 Å². The lowest BCUT2D eigenvalue weighted by molar-refractivity contribution is 0.0827. The summed E-state index contributed by atoms with van der Waals surface area (Å²) in [6.07, 6.45) is 10.4. The Bertz CT molecular complexity index is 1300. The Balaban J connectivity index is 1.55. The van der Waals surface area contributed by atoms with E-state index in [0.29, 0.717) is 0 Å². The van der Waals surface area contributed by atoms with Crippen molar-refractivity contribution in [2.75, 3.05) is 23.4 Å². The molecule has 3 aromatic carbocycles. The number of rotatable bonds is 1. The molecule has 1 spiro atoms. The lowest BCUT2D eigenvalue weighted by atomic mass is 9.77. The summed E-state index contributed by atoms with van der Waals surface area (Å²) in [5, 5.41) is 2.29. The summed E-state index contributed by atoms with van der Waals surface area (Å²) in [5.41, 5.74) is 3.56. The molecule has 3 aliphatic rings. The molecule has 3 aromatic rings. The molecule has 3 heterocycles. The summed E-state index contributed by atoms with van der Waals surface area (Å²) in [4.78, 5) is 9.52. The topological polar surface area (TPSA) is 28.1 Å². The van der Waals surface area contributed by atoms with E-state index in [4.69, 9.17) is 9.73 Å². The molecule has 0 saturated carbocycles. The van der Waals surface area contributed by atoms with Gasteiger partial charge in [0.25, 0.3) is 0 Å². The Morgan fingerprint density at radius 1 is 0.935 bits per heavy atom. The molecule has 0 bridgehead atoms. The zero-order valence-corrected chi connectivity index (χ0v) is 18.0. The largest absolute Gasteiger partial charge is 0.459 e. The summed E-state index contributed by atoms with van der Waals surface area (Å²) in [7, 11) is 2.10. The highest BCUT2D eigenvalue weighted by atomic mass is 16.5. The number of hydrogen-bond donors (Lipinski definition) is 0. The highest BCUT2D eigenvalue weighted by molar-refractivity contribution is 6.06. The van der Waals surface area contributed by atoms with Crippen molar-refractivity contribution in [3.63, 3.8) is 0 Å². The normalized spacial score (nSPS) is 22.7. The van der Waals surface area contributed by atoms with Crippen molar-refractivity contribution >= 4 is 34.0 Å². The molecule has 4 nitrogen and oxygen atoms in total. The van der Waals surface area contributed by atoms with Crippen LogP contribution in [0.1, 0.15) is 19.4 Å². The van der Waals surface area contributed by atoms with Crippen molar-refractivity contribution in [3.05, 3.63) is 84.6 Å². The SMILES string of the molecule is CN1c2ccccc2C(C)(C)[C@]12C=Nc1c(cc(N3C=CC=CC3)c3ccccc13)O2. The number of likely N-dealkylation sites (N-methyl/N-ethyl adjacent to an activating group) is 1. The fourth-order valence-corrected chi connectivity index (χ4v) is 5.29. The zero-order chi connectivity index (χ0) is 21.2. The maximum atomic E-state index is 6.94. The predicted octanol–water partition coefficient (Wildman–Crippen LogP) is 5.95. The highest BCUT2D eigenvalue weighted by Gasteiger charge is 2.58. The smallest absolute Gasteiger partial charge is 0.228 e. The van der Waals surface area contributed by atoms with Gasteiger partial charge in [0.1, 0.15) is 5.69 Å². The van der Waals surface area contributed by atoms with Crippen LogP contribution in [0.2, 0.25) is 0 Å². The van der Waals surface area contributed by atoms with Crippen molar-refractivity contribution in [2.45, 2.75) is 25.0 Å². The molecule has 0 saturated heterocycles. The molecule has 0 aromatic heterocycles. The van der Waals surface area contributed by atoms with Crippen molar-refractivity contribution in [1.82, 2.24) is 0 Å². The fourth-order valence-electron chi connectivity index (χ4n) is 5.29. The summed E-state index contributed by atoms with van der Waals surface area (Å²) in [5.74, 6) is 0.826. The first-order valence-corrected chi connectivity index (χ1v) is 10.8. The molecule has 0 aliphatic carbocycles. The molecule has 6 rings (SSSR count). The van der Waals surface area contributed by atoms with Gasteiger partial charge < -0.3 is 14.5 Å². The van der Waals surface area contributed by atoms with Crippen molar-refractivity contribution in [3.8, 4) is 5.75 Å². The summed E-state index contributed by atoms with van der Waals surface area (Å²) < 4.78 is 6.94. The first-order chi connectivity index (χ1) is 15.0. The highest BCUT2D eigenvalue weighted by Crippen LogP contribution is 2.55. The first-order valence-electron chi connectivity index (χ1n) is 10.8. The maximum absolute atomic E-state index is 6.94. The van der Waals surface area contributed by atoms with Crippen molar-refractivity contribution in [2.24, 2.45) is 4.99 Å². The molecule has 0 amide bonds. The third kappa shape index (κ3) is 2.33. The van der Waals surface area contributed by atoms with E-state index in [2.05, 4.69) is 110 Å². The Morgan fingerprint density at radius 2 is 1.71 bits per heavy atom. The minimum Gasteiger partial charge on any atom is -0.459 e.